The second-order valence-electron chi connectivity index (χ2n) is 8.34. The molecule has 3 aliphatic carbocycles. The molecular formula is C21H27NS2. The van der Waals surface area contributed by atoms with Crippen LogP contribution in [0.25, 0.3) is 9.75 Å². The van der Waals surface area contributed by atoms with Crippen LogP contribution < -0.4 is 5.32 Å². The molecule has 1 nitrogen and oxygen atoms in total. The molecule has 3 bridgehead atoms. The summed E-state index contributed by atoms with van der Waals surface area (Å²) in [4.78, 5) is 5.77. The summed E-state index contributed by atoms with van der Waals surface area (Å²) in [7, 11) is 0. The first kappa shape index (κ1) is 15.6. The Morgan fingerprint density at radius 2 is 1.75 bits per heavy atom. The number of hydrogen-bond acceptors (Lipinski definition) is 3. The average Bonchev–Trinajstić information content (AvgIpc) is 3.19. The summed E-state index contributed by atoms with van der Waals surface area (Å²) in [5.41, 5.74) is 0. The van der Waals surface area contributed by atoms with Gasteiger partial charge in [-0.05, 0) is 87.0 Å². The number of aryl methyl sites for hydroxylation is 1. The molecular weight excluding hydrogens is 330 g/mol. The maximum absolute atomic E-state index is 3.98. The Balaban J connectivity index is 1.25. The van der Waals surface area contributed by atoms with Crippen LogP contribution in [-0.4, -0.2) is 6.04 Å². The molecule has 128 valence electrons. The highest BCUT2D eigenvalue weighted by Gasteiger charge is 2.45. The van der Waals surface area contributed by atoms with Gasteiger partial charge in [0.05, 0.1) is 0 Å². The molecule has 2 aromatic rings. The Kier molecular flexibility index (Phi) is 4.07. The van der Waals surface area contributed by atoms with E-state index < -0.39 is 0 Å². The lowest BCUT2D eigenvalue weighted by Crippen LogP contribution is -2.50. The van der Waals surface area contributed by atoms with Crippen LogP contribution in [0.3, 0.4) is 0 Å². The number of fused-ring (bicyclic) bond motifs is 2. The number of rotatable bonds is 4. The van der Waals surface area contributed by atoms with Gasteiger partial charge in [-0.3, -0.25) is 0 Å². The summed E-state index contributed by atoms with van der Waals surface area (Å²) in [5, 5.41) is 3.98. The predicted molar refractivity (Wildman–Crippen MR) is 105 cm³/mol. The first-order valence-corrected chi connectivity index (χ1v) is 11.3. The van der Waals surface area contributed by atoms with Crippen LogP contribution in [0.2, 0.25) is 0 Å². The first-order chi connectivity index (χ1) is 11.7. The molecule has 3 aliphatic rings. The summed E-state index contributed by atoms with van der Waals surface area (Å²) in [6, 6.07) is 9.93. The maximum atomic E-state index is 3.98. The van der Waals surface area contributed by atoms with Crippen molar-refractivity contribution in [2.24, 2.45) is 23.7 Å². The topological polar surface area (TPSA) is 12.0 Å². The Labute approximate surface area is 153 Å². The SMILES string of the molecule is Cc1ccc(-c2ccc(CNC3CC4CC5CCC3C(C5)C4)s2)s1. The molecule has 5 unspecified atom stereocenters. The molecule has 0 aromatic carbocycles. The van der Waals surface area contributed by atoms with Gasteiger partial charge in [-0.25, -0.2) is 0 Å². The van der Waals surface area contributed by atoms with Gasteiger partial charge in [-0.1, -0.05) is 6.42 Å². The summed E-state index contributed by atoms with van der Waals surface area (Å²) < 4.78 is 0. The summed E-state index contributed by atoms with van der Waals surface area (Å²) in [6.45, 7) is 3.26. The molecule has 24 heavy (non-hydrogen) atoms. The second-order valence-corrected chi connectivity index (χ2v) is 10.8. The standard InChI is InChI=1S/C21H27NS2/c1-13-2-6-20(23-13)21-7-4-17(24-21)12-22-19-11-15-8-14-3-5-18(19)16(9-14)10-15/h2,4,6-7,14-16,18-19,22H,3,5,8-12H2,1H3. The van der Waals surface area contributed by atoms with Gasteiger partial charge < -0.3 is 5.32 Å². The van der Waals surface area contributed by atoms with E-state index in [1.807, 2.05) is 22.7 Å². The average molecular weight is 358 g/mol. The van der Waals surface area contributed by atoms with E-state index in [4.69, 9.17) is 0 Å². The zero-order valence-electron chi connectivity index (χ0n) is 14.5. The van der Waals surface area contributed by atoms with Gasteiger partial charge in [0.15, 0.2) is 0 Å². The molecule has 3 saturated carbocycles. The van der Waals surface area contributed by atoms with Crippen molar-refractivity contribution >= 4 is 22.7 Å². The van der Waals surface area contributed by atoms with E-state index in [-0.39, 0.29) is 0 Å². The lowest BCUT2D eigenvalue weighted by atomic mass is 9.56. The van der Waals surface area contributed by atoms with Crippen LogP contribution in [0.5, 0.6) is 0 Å². The lowest BCUT2D eigenvalue weighted by molar-refractivity contribution is 0.00613. The van der Waals surface area contributed by atoms with Crippen molar-refractivity contribution < 1.29 is 0 Å². The van der Waals surface area contributed by atoms with E-state index in [9.17, 15) is 0 Å². The molecule has 0 amide bonds. The minimum atomic E-state index is 0.782. The Morgan fingerprint density at radius 3 is 2.62 bits per heavy atom. The third-order valence-corrected chi connectivity index (χ3v) is 9.02. The minimum absolute atomic E-state index is 0.782. The first-order valence-electron chi connectivity index (χ1n) is 9.63. The van der Waals surface area contributed by atoms with Crippen LogP contribution in [-0.2, 0) is 6.54 Å². The Morgan fingerprint density at radius 1 is 0.917 bits per heavy atom. The molecule has 0 saturated heterocycles. The summed E-state index contributed by atoms with van der Waals surface area (Å²) in [5.74, 6) is 4.12. The molecule has 0 radical (unpaired) electrons. The number of hydrogen-bond donors (Lipinski definition) is 1. The van der Waals surface area contributed by atoms with Gasteiger partial charge in [0.2, 0.25) is 0 Å². The van der Waals surface area contributed by atoms with Crippen molar-refractivity contribution in [2.45, 2.75) is 58.0 Å². The van der Waals surface area contributed by atoms with Gasteiger partial charge in [-0.2, -0.15) is 0 Å². The van der Waals surface area contributed by atoms with E-state index in [0.717, 1.165) is 36.3 Å². The summed E-state index contributed by atoms with van der Waals surface area (Å²) >= 11 is 3.89. The molecule has 2 heterocycles. The van der Waals surface area contributed by atoms with E-state index in [1.54, 1.807) is 12.8 Å². The van der Waals surface area contributed by atoms with E-state index >= 15 is 0 Å². The van der Waals surface area contributed by atoms with Crippen molar-refractivity contribution in [3.05, 3.63) is 34.0 Å². The van der Waals surface area contributed by atoms with Gasteiger partial charge in [-0.15, -0.1) is 22.7 Å². The van der Waals surface area contributed by atoms with Gasteiger partial charge in [0.25, 0.3) is 0 Å². The maximum Gasteiger partial charge on any atom is 0.0446 e. The largest absolute Gasteiger partial charge is 0.309 e. The predicted octanol–water partition coefficient (Wildman–Crippen LogP) is 6.09. The van der Waals surface area contributed by atoms with Crippen molar-refractivity contribution in [2.75, 3.05) is 0 Å². The minimum Gasteiger partial charge on any atom is -0.309 e. The van der Waals surface area contributed by atoms with Crippen LogP contribution >= 0.6 is 22.7 Å². The van der Waals surface area contributed by atoms with Crippen molar-refractivity contribution in [3.63, 3.8) is 0 Å². The van der Waals surface area contributed by atoms with E-state index in [0.29, 0.717) is 0 Å². The highest BCUT2D eigenvalue weighted by atomic mass is 32.1. The van der Waals surface area contributed by atoms with Gasteiger partial charge in [0, 0.05) is 32.1 Å². The van der Waals surface area contributed by atoms with Crippen LogP contribution in [0, 0.1) is 30.6 Å². The smallest absolute Gasteiger partial charge is 0.0446 e. The fraction of sp³-hybridized carbons (Fsp3) is 0.619. The van der Waals surface area contributed by atoms with Crippen LogP contribution in [0.4, 0.5) is 0 Å². The van der Waals surface area contributed by atoms with Crippen molar-refractivity contribution in [3.8, 4) is 9.75 Å². The molecule has 0 aliphatic heterocycles. The lowest BCUT2D eigenvalue weighted by Gasteiger charge is -2.52. The van der Waals surface area contributed by atoms with E-state index in [2.05, 4.69) is 36.5 Å². The zero-order valence-corrected chi connectivity index (χ0v) is 16.1. The van der Waals surface area contributed by atoms with Crippen LogP contribution in [0.15, 0.2) is 24.3 Å². The van der Waals surface area contributed by atoms with Gasteiger partial charge in [0.1, 0.15) is 0 Å². The number of nitrogens with one attached hydrogen (secondary N) is 1. The molecule has 5 atom stereocenters. The fourth-order valence-electron chi connectivity index (χ4n) is 5.76. The molecule has 2 aromatic heterocycles. The third kappa shape index (κ3) is 2.89. The van der Waals surface area contributed by atoms with Crippen molar-refractivity contribution in [1.29, 1.82) is 0 Å². The molecule has 3 heteroatoms. The van der Waals surface area contributed by atoms with Crippen LogP contribution in [0.1, 0.15) is 48.3 Å². The second kappa shape index (κ2) is 6.26. The third-order valence-electron chi connectivity index (χ3n) is 6.74. The van der Waals surface area contributed by atoms with Crippen molar-refractivity contribution in [1.82, 2.24) is 5.32 Å². The highest BCUT2D eigenvalue weighted by molar-refractivity contribution is 7.22. The van der Waals surface area contributed by atoms with Gasteiger partial charge >= 0.3 is 0 Å². The zero-order chi connectivity index (χ0) is 16.1. The highest BCUT2D eigenvalue weighted by Crippen LogP contribution is 2.52. The Hall–Kier alpha value is -0.640. The number of thiophene rings is 2. The molecule has 0 spiro atoms. The summed E-state index contributed by atoms with van der Waals surface area (Å²) in [6.07, 6.45) is 9.06. The Bertz CT molecular complexity index is 709. The normalized spacial score (nSPS) is 34.6. The molecule has 3 fully saturated rings. The van der Waals surface area contributed by atoms with E-state index in [1.165, 1.54) is 45.2 Å². The monoisotopic (exact) mass is 357 g/mol. The fourth-order valence-corrected chi connectivity index (χ4v) is 7.68. The molecule has 1 N–H and O–H groups in total. The molecule has 5 rings (SSSR count). The quantitative estimate of drug-likeness (QED) is 0.698.